The lowest BCUT2D eigenvalue weighted by molar-refractivity contribution is -0.114. The van der Waals surface area contributed by atoms with Gasteiger partial charge in [-0.15, -0.1) is 0 Å². The molecule has 152 valence electrons. The topological polar surface area (TPSA) is 80.8 Å². The van der Waals surface area contributed by atoms with E-state index in [-0.39, 0.29) is 34.0 Å². The fourth-order valence-electron chi connectivity index (χ4n) is 3.11. The van der Waals surface area contributed by atoms with Gasteiger partial charge in [0.2, 0.25) is 0 Å². The second-order valence-corrected chi connectivity index (χ2v) is 9.22. The van der Waals surface area contributed by atoms with Crippen molar-refractivity contribution < 1.29 is 22.7 Å². The van der Waals surface area contributed by atoms with Gasteiger partial charge in [0.15, 0.2) is 11.5 Å². The summed E-state index contributed by atoms with van der Waals surface area (Å²) in [6.45, 7) is 3.32. The molecule has 0 fully saturated rings. The lowest BCUT2D eigenvalue weighted by Gasteiger charge is -2.32. The molecule has 0 spiro atoms. The van der Waals surface area contributed by atoms with E-state index in [0.717, 1.165) is 10.7 Å². The minimum Gasteiger partial charge on any atom is -0.420 e. The first-order valence-corrected chi connectivity index (χ1v) is 11.4. The molecule has 0 N–H and O–H groups in total. The highest BCUT2D eigenvalue weighted by Gasteiger charge is 2.40. The number of nitrogens with zero attached hydrogens (tertiary/aromatic N) is 1. The van der Waals surface area contributed by atoms with Crippen molar-refractivity contribution >= 4 is 43.5 Å². The molecule has 2 aromatic carbocycles. The molecule has 1 aliphatic heterocycles. The first-order valence-electron chi connectivity index (χ1n) is 9.13. The number of Topliss-reactive ketones (excluding diaryl/α,β-unsaturated/α-hetero) is 1. The van der Waals surface area contributed by atoms with Crippen molar-refractivity contribution in [1.82, 2.24) is 4.31 Å². The average Bonchev–Trinajstić information content (AvgIpc) is 2.69. The van der Waals surface area contributed by atoms with Crippen LogP contribution in [-0.2, 0) is 19.6 Å². The SMILES string of the molecule is CCCCN1C(C(C)=O)=C(OC(=O)c2ccccc2Br)c2ccccc2S1(=O)=O. The number of ketones is 1. The number of benzene rings is 2. The minimum atomic E-state index is -3.94. The molecular weight excluding hydrogens is 458 g/mol. The maximum atomic E-state index is 13.2. The number of unbranched alkanes of at least 4 members (excludes halogenated alkanes) is 1. The van der Waals surface area contributed by atoms with Crippen molar-refractivity contribution in [1.29, 1.82) is 0 Å². The molecule has 0 radical (unpaired) electrons. The van der Waals surface area contributed by atoms with Crippen LogP contribution in [0.15, 0.2) is 63.6 Å². The number of ether oxygens (including phenoxy) is 1. The molecule has 0 aliphatic carbocycles. The summed E-state index contributed by atoms with van der Waals surface area (Å²) in [5, 5.41) is 0. The van der Waals surface area contributed by atoms with Gasteiger partial charge in [-0.25, -0.2) is 13.2 Å². The summed E-state index contributed by atoms with van der Waals surface area (Å²) in [5.41, 5.74) is 0.345. The summed E-state index contributed by atoms with van der Waals surface area (Å²) in [5.74, 6) is -1.22. The van der Waals surface area contributed by atoms with Crippen LogP contribution in [0.2, 0.25) is 0 Å². The van der Waals surface area contributed by atoms with Crippen LogP contribution in [0.25, 0.3) is 5.76 Å². The lowest BCUT2D eigenvalue weighted by Crippen LogP contribution is -2.38. The molecule has 0 saturated heterocycles. The van der Waals surface area contributed by atoms with E-state index in [2.05, 4.69) is 15.9 Å². The van der Waals surface area contributed by atoms with Gasteiger partial charge in [0.1, 0.15) is 5.70 Å². The van der Waals surface area contributed by atoms with Gasteiger partial charge >= 0.3 is 5.97 Å². The summed E-state index contributed by atoms with van der Waals surface area (Å²) < 4.78 is 33.6. The number of allylic oxidation sites excluding steroid dienone is 1. The Morgan fingerprint density at radius 3 is 2.38 bits per heavy atom. The summed E-state index contributed by atoms with van der Waals surface area (Å²) in [6, 6.07) is 13.0. The highest BCUT2D eigenvalue weighted by molar-refractivity contribution is 9.10. The number of halogens is 1. The Hall–Kier alpha value is -2.45. The smallest absolute Gasteiger partial charge is 0.344 e. The maximum Gasteiger partial charge on any atom is 0.344 e. The number of esters is 1. The molecule has 0 aromatic heterocycles. The summed E-state index contributed by atoms with van der Waals surface area (Å²) in [4.78, 5) is 25.3. The molecule has 0 unspecified atom stereocenters. The van der Waals surface area contributed by atoms with E-state index < -0.39 is 21.8 Å². The van der Waals surface area contributed by atoms with Crippen LogP contribution >= 0.6 is 15.9 Å². The van der Waals surface area contributed by atoms with Gasteiger partial charge in [-0.2, -0.15) is 0 Å². The van der Waals surface area contributed by atoms with E-state index in [1.165, 1.54) is 19.1 Å². The van der Waals surface area contributed by atoms with Crippen LogP contribution < -0.4 is 0 Å². The fourth-order valence-corrected chi connectivity index (χ4v) is 5.30. The highest BCUT2D eigenvalue weighted by atomic mass is 79.9. The Bertz CT molecular complexity index is 1110. The molecular formula is C21H20BrNO5S. The number of hydrogen-bond donors (Lipinski definition) is 0. The van der Waals surface area contributed by atoms with Gasteiger partial charge in [0.05, 0.1) is 10.5 Å². The standard InChI is InChI=1S/C21H20BrNO5S/c1-3-4-13-23-19(14(2)24)20(16-10-6-8-12-18(16)29(23,26)27)28-21(25)15-9-5-7-11-17(15)22/h5-12H,3-4,13H2,1-2H3. The molecule has 0 bridgehead atoms. The predicted molar refractivity (Wildman–Crippen MR) is 112 cm³/mol. The Morgan fingerprint density at radius 1 is 1.07 bits per heavy atom. The molecule has 0 saturated carbocycles. The zero-order valence-electron chi connectivity index (χ0n) is 16.0. The molecule has 8 heteroatoms. The third-order valence-electron chi connectivity index (χ3n) is 4.50. The van der Waals surface area contributed by atoms with Gasteiger partial charge < -0.3 is 4.74 Å². The van der Waals surface area contributed by atoms with Crippen molar-refractivity contribution in [2.75, 3.05) is 6.54 Å². The summed E-state index contributed by atoms with van der Waals surface area (Å²) in [7, 11) is -3.94. The Morgan fingerprint density at radius 2 is 1.72 bits per heavy atom. The van der Waals surface area contributed by atoms with Crippen LogP contribution in [0.1, 0.15) is 42.6 Å². The molecule has 6 nitrogen and oxygen atoms in total. The fraction of sp³-hybridized carbons (Fsp3) is 0.238. The Labute approximate surface area is 178 Å². The number of hydrogen-bond acceptors (Lipinski definition) is 5. The molecule has 1 heterocycles. The molecule has 1 aliphatic rings. The van der Waals surface area contributed by atoms with E-state index in [0.29, 0.717) is 10.9 Å². The van der Waals surface area contributed by atoms with Gasteiger partial charge in [-0.1, -0.05) is 37.6 Å². The third-order valence-corrected chi connectivity index (χ3v) is 7.05. The molecule has 3 rings (SSSR count). The second-order valence-electron chi connectivity index (χ2n) is 6.53. The molecule has 29 heavy (non-hydrogen) atoms. The van der Waals surface area contributed by atoms with Crippen molar-refractivity contribution in [2.45, 2.75) is 31.6 Å². The monoisotopic (exact) mass is 477 g/mol. The summed E-state index contributed by atoms with van der Waals surface area (Å²) >= 11 is 3.31. The van der Waals surface area contributed by atoms with Crippen LogP contribution in [0.5, 0.6) is 0 Å². The highest BCUT2D eigenvalue weighted by Crippen LogP contribution is 2.38. The van der Waals surface area contributed by atoms with E-state index in [9.17, 15) is 18.0 Å². The predicted octanol–water partition coefficient (Wildman–Crippen LogP) is 4.37. The van der Waals surface area contributed by atoms with Gasteiger partial charge in [-0.05, 0) is 46.6 Å². The van der Waals surface area contributed by atoms with Gasteiger partial charge in [-0.3, -0.25) is 9.10 Å². The largest absolute Gasteiger partial charge is 0.420 e. The zero-order valence-corrected chi connectivity index (χ0v) is 18.4. The van der Waals surface area contributed by atoms with E-state index in [1.807, 2.05) is 6.92 Å². The normalized spacial score (nSPS) is 15.1. The second kappa shape index (κ2) is 8.51. The van der Waals surface area contributed by atoms with Crippen molar-refractivity contribution in [3.05, 3.63) is 69.8 Å². The zero-order chi connectivity index (χ0) is 21.2. The van der Waals surface area contributed by atoms with Crippen LogP contribution in [0.4, 0.5) is 0 Å². The number of rotatable bonds is 6. The molecule has 0 amide bonds. The maximum absolute atomic E-state index is 13.2. The number of sulfonamides is 1. The average molecular weight is 478 g/mol. The van der Waals surface area contributed by atoms with E-state index >= 15 is 0 Å². The van der Waals surface area contributed by atoms with Crippen molar-refractivity contribution in [3.63, 3.8) is 0 Å². The first-order chi connectivity index (χ1) is 13.8. The van der Waals surface area contributed by atoms with Gasteiger partial charge in [0, 0.05) is 23.5 Å². The minimum absolute atomic E-state index is 0.0102. The van der Waals surface area contributed by atoms with E-state index in [1.54, 1.807) is 36.4 Å². The molecule has 2 aromatic rings. The van der Waals surface area contributed by atoms with Gasteiger partial charge in [0.25, 0.3) is 10.0 Å². The number of fused-ring (bicyclic) bond motifs is 1. The van der Waals surface area contributed by atoms with Crippen molar-refractivity contribution in [2.24, 2.45) is 0 Å². The first kappa shape index (κ1) is 21.3. The lowest BCUT2D eigenvalue weighted by atomic mass is 10.1. The van der Waals surface area contributed by atoms with Crippen LogP contribution in [0.3, 0.4) is 0 Å². The molecule has 0 atom stereocenters. The van der Waals surface area contributed by atoms with Crippen LogP contribution in [0, 0.1) is 0 Å². The van der Waals surface area contributed by atoms with Crippen LogP contribution in [-0.4, -0.2) is 31.0 Å². The third kappa shape index (κ3) is 4.00. The quantitative estimate of drug-likeness (QED) is 0.577. The Kier molecular flexibility index (Phi) is 6.24. The number of carbonyl (C=O) groups excluding carboxylic acids is 2. The van der Waals surface area contributed by atoms with E-state index in [4.69, 9.17) is 4.74 Å². The Balaban J connectivity index is 2.20. The summed E-state index contributed by atoms with van der Waals surface area (Å²) in [6.07, 6.45) is 1.30. The van der Waals surface area contributed by atoms with Crippen molar-refractivity contribution in [3.8, 4) is 0 Å². The number of carbonyl (C=O) groups is 2.